The molecule has 1 fully saturated rings. The van der Waals surface area contributed by atoms with Crippen LogP contribution in [-0.4, -0.2) is 61.9 Å². The molecule has 0 aliphatic carbocycles. The normalized spacial score (nSPS) is 14.1. The first-order valence-corrected chi connectivity index (χ1v) is 8.60. The fourth-order valence-electron chi connectivity index (χ4n) is 2.87. The molecule has 0 radical (unpaired) electrons. The van der Waals surface area contributed by atoms with Crippen LogP contribution < -0.4 is 10.2 Å². The topological polar surface area (TPSA) is 100 Å². The van der Waals surface area contributed by atoms with E-state index in [0.29, 0.717) is 37.7 Å². The molecule has 1 aliphatic rings. The molecule has 1 amide bonds. The second kappa shape index (κ2) is 7.73. The van der Waals surface area contributed by atoms with Crippen molar-refractivity contribution in [3.8, 4) is 0 Å². The van der Waals surface area contributed by atoms with Gasteiger partial charge in [-0.2, -0.15) is 0 Å². The van der Waals surface area contributed by atoms with Gasteiger partial charge < -0.3 is 15.1 Å². The fourth-order valence-corrected chi connectivity index (χ4v) is 2.87. The molecule has 9 heteroatoms. The molecule has 0 bridgehead atoms. The summed E-state index contributed by atoms with van der Waals surface area (Å²) < 4.78 is 0. The molecule has 1 aliphatic heterocycles. The first kappa shape index (κ1) is 16.8. The lowest BCUT2D eigenvalue weighted by molar-refractivity contribution is 0.0740. The number of rotatable bonds is 4. The van der Waals surface area contributed by atoms with Crippen molar-refractivity contribution >= 4 is 23.4 Å². The van der Waals surface area contributed by atoms with E-state index >= 15 is 0 Å². The average molecular weight is 362 g/mol. The van der Waals surface area contributed by atoms with Gasteiger partial charge in [0, 0.05) is 50.8 Å². The minimum absolute atomic E-state index is 0.0945. The van der Waals surface area contributed by atoms with Gasteiger partial charge in [0.25, 0.3) is 5.91 Å². The van der Waals surface area contributed by atoms with Gasteiger partial charge in [0.05, 0.1) is 6.20 Å². The van der Waals surface area contributed by atoms with E-state index in [2.05, 4.69) is 35.1 Å². The Balaban J connectivity index is 1.40. The summed E-state index contributed by atoms with van der Waals surface area (Å²) in [4.78, 5) is 37.3. The van der Waals surface area contributed by atoms with Crippen molar-refractivity contribution in [3.63, 3.8) is 0 Å². The number of nitrogens with zero attached hydrogens (tertiary/aromatic N) is 7. The third-order valence-corrected chi connectivity index (χ3v) is 4.25. The van der Waals surface area contributed by atoms with Crippen LogP contribution in [0.1, 0.15) is 10.5 Å². The maximum atomic E-state index is 12.5. The smallest absolute Gasteiger partial charge is 0.274 e. The van der Waals surface area contributed by atoms with Gasteiger partial charge in [0.2, 0.25) is 0 Å². The Morgan fingerprint density at radius 1 is 0.926 bits per heavy atom. The highest BCUT2D eigenvalue weighted by atomic mass is 16.2. The van der Waals surface area contributed by atoms with Crippen molar-refractivity contribution in [3.05, 3.63) is 61.1 Å². The molecule has 27 heavy (non-hydrogen) atoms. The molecule has 3 aromatic heterocycles. The number of nitrogens with one attached hydrogen (secondary N) is 1. The number of pyridine rings is 1. The van der Waals surface area contributed by atoms with Crippen LogP contribution in [0.4, 0.5) is 17.5 Å². The first-order chi connectivity index (χ1) is 13.3. The van der Waals surface area contributed by atoms with Crippen molar-refractivity contribution in [1.82, 2.24) is 29.8 Å². The van der Waals surface area contributed by atoms with E-state index in [9.17, 15) is 4.79 Å². The van der Waals surface area contributed by atoms with E-state index in [1.165, 1.54) is 18.7 Å². The SMILES string of the molecule is O=C(c1cnccn1)N1CCN(c2cc(Nc3ccccn3)ncn2)CC1. The zero-order chi connectivity index (χ0) is 18.5. The molecular weight excluding hydrogens is 344 g/mol. The Kier molecular flexibility index (Phi) is 4.82. The summed E-state index contributed by atoms with van der Waals surface area (Å²) in [5.74, 6) is 2.12. The number of aromatic nitrogens is 5. The van der Waals surface area contributed by atoms with E-state index in [4.69, 9.17) is 0 Å². The molecule has 136 valence electrons. The zero-order valence-electron chi connectivity index (χ0n) is 14.6. The van der Waals surface area contributed by atoms with Crippen LogP contribution in [0.2, 0.25) is 0 Å². The van der Waals surface area contributed by atoms with Crippen molar-refractivity contribution in [1.29, 1.82) is 0 Å². The number of carbonyl (C=O) groups is 1. The number of anilines is 3. The first-order valence-electron chi connectivity index (χ1n) is 8.60. The number of hydrogen-bond acceptors (Lipinski definition) is 8. The third-order valence-electron chi connectivity index (χ3n) is 4.25. The van der Waals surface area contributed by atoms with E-state index < -0.39 is 0 Å². The van der Waals surface area contributed by atoms with Gasteiger partial charge in [0.1, 0.15) is 29.5 Å². The molecule has 0 unspecified atom stereocenters. The van der Waals surface area contributed by atoms with Gasteiger partial charge in [-0.1, -0.05) is 6.07 Å². The minimum atomic E-state index is -0.0945. The standard InChI is InChI=1S/C18H18N8O/c27-18(14-12-19-5-6-20-14)26-9-7-25(8-10-26)17-11-16(22-13-23-17)24-15-3-1-2-4-21-15/h1-6,11-13H,7-10H2,(H,21,22,23,24). The molecule has 4 rings (SSSR count). The summed E-state index contributed by atoms with van der Waals surface area (Å²) >= 11 is 0. The summed E-state index contributed by atoms with van der Waals surface area (Å²) in [6.45, 7) is 2.57. The zero-order valence-corrected chi connectivity index (χ0v) is 14.6. The van der Waals surface area contributed by atoms with Crippen molar-refractivity contribution in [2.24, 2.45) is 0 Å². The Morgan fingerprint density at radius 3 is 2.56 bits per heavy atom. The summed E-state index contributed by atoms with van der Waals surface area (Å²) in [6, 6.07) is 7.52. The molecule has 1 N–H and O–H groups in total. The minimum Gasteiger partial charge on any atom is -0.353 e. The summed E-state index contributed by atoms with van der Waals surface area (Å²) in [7, 11) is 0. The third kappa shape index (κ3) is 3.97. The van der Waals surface area contributed by atoms with E-state index in [-0.39, 0.29) is 5.91 Å². The highest BCUT2D eigenvalue weighted by molar-refractivity contribution is 5.92. The molecule has 1 saturated heterocycles. The fraction of sp³-hybridized carbons (Fsp3) is 0.222. The maximum Gasteiger partial charge on any atom is 0.274 e. The van der Waals surface area contributed by atoms with Crippen LogP contribution in [-0.2, 0) is 0 Å². The van der Waals surface area contributed by atoms with Crippen LogP contribution in [0.3, 0.4) is 0 Å². The quantitative estimate of drug-likeness (QED) is 0.743. The van der Waals surface area contributed by atoms with Crippen LogP contribution in [0.5, 0.6) is 0 Å². The van der Waals surface area contributed by atoms with Crippen LogP contribution >= 0.6 is 0 Å². The van der Waals surface area contributed by atoms with Gasteiger partial charge in [0.15, 0.2) is 0 Å². The van der Waals surface area contributed by atoms with Crippen molar-refractivity contribution in [2.45, 2.75) is 0 Å². The summed E-state index contributed by atoms with van der Waals surface area (Å²) in [6.07, 6.45) is 7.82. The van der Waals surface area contributed by atoms with E-state index in [0.717, 1.165) is 11.6 Å². The van der Waals surface area contributed by atoms with Gasteiger partial charge >= 0.3 is 0 Å². The number of amides is 1. The highest BCUT2D eigenvalue weighted by Gasteiger charge is 2.23. The average Bonchev–Trinajstić information content (AvgIpc) is 2.75. The largest absolute Gasteiger partial charge is 0.353 e. The molecule has 4 heterocycles. The Hall–Kier alpha value is -3.62. The Bertz CT molecular complexity index is 898. The molecule has 0 atom stereocenters. The maximum absolute atomic E-state index is 12.5. The van der Waals surface area contributed by atoms with Gasteiger partial charge in [-0.3, -0.25) is 9.78 Å². The predicted molar refractivity (Wildman–Crippen MR) is 99.7 cm³/mol. The second-order valence-corrected chi connectivity index (χ2v) is 5.97. The molecule has 0 saturated carbocycles. The lowest BCUT2D eigenvalue weighted by Crippen LogP contribution is -2.49. The Morgan fingerprint density at radius 2 is 1.81 bits per heavy atom. The highest BCUT2D eigenvalue weighted by Crippen LogP contribution is 2.19. The van der Waals surface area contributed by atoms with Gasteiger partial charge in [-0.05, 0) is 12.1 Å². The Labute approximate surface area is 156 Å². The number of hydrogen-bond donors (Lipinski definition) is 1. The molecular formula is C18H18N8O. The van der Waals surface area contributed by atoms with E-state index in [1.54, 1.807) is 17.3 Å². The summed E-state index contributed by atoms with van der Waals surface area (Å²) in [5, 5.41) is 3.16. The molecule has 3 aromatic rings. The lowest BCUT2D eigenvalue weighted by Gasteiger charge is -2.35. The van der Waals surface area contributed by atoms with Gasteiger partial charge in [-0.15, -0.1) is 0 Å². The van der Waals surface area contributed by atoms with Crippen LogP contribution in [0.25, 0.3) is 0 Å². The van der Waals surface area contributed by atoms with Crippen LogP contribution in [0.15, 0.2) is 55.4 Å². The summed E-state index contributed by atoms with van der Waals surface area (Å²) in [5.41, 5.74) is 0.370. The van der Waals surface area contributed by atoms with Gasteiger partial charge in [-0.25, -0.2) is 19.9 Å². The van der Waals surface area contributed by atoms with Crippen molar-refractivity contribution < 1.29 is 4.79 Å². The predicted octanol–water partition coefficient (Wildman–Crippen LogP) is 1.37. The molecule has 0 spiro atoms. The molecule has 0 aromatic carbocycles. The van der Waals surface area contributed by atoms with E-state index in [1.807, 2.05) is 24.3 Å². The number of piperazine rings is 1. The lowest BCUT2D eigenvalue weighted by atomic mass is 10.2. The number of carbonyl (C=O) groups excluding carboxylic acids is 1. The molecule has 9 nitrogen and oxygen atoms in total. The monoisotopic (exact) mass is 362 g/mol. The second-order valence-electron chi connectivity index (χ2n) is 5.97. The van der Waals surface area contributed by atoms with Crippen LogP contribution in [0, 0.1) is 0 Å². The van der Waals surface area contributed by atoms with Crippen molar-refractivity contribution in [2.75, 3.05) is 36.4 Å².